The predicted molar refractivity (Wildman–Crippen MR) is 143 cm³/mol. The quantitative estimate of drug-likeness (QED) is 0.208. The average molecular weight is 543 g/mol. The SMILES string of the molecule is Fc1ccc(-c2nc(Sc3nc(-c4ccc(F)cc4)c(-c4ccc(F)cc4)[nH]3)[nH]c2-c2ccc(F)cc2)cc1. The molecule has 6 rings (SSSR count). The van der Waals surface area contributed by atoms with Crippen molar-refractivity contribution in [2.24, 2.45) is 0 Å². The number of imidazole rings is 2. The van der Waals surface area contributed by atoms with E-state index >= 15 is 0 Å². The third kappa shape index (κ3) is 5.21. The number of rotatable bonds is 6. The van der Waals surface area contributed by atoms with Crippen LogP contribution in [0.5, 0.6) is 0 Å². The molecule has 39 heavy (non-hydrogen) atoms. The fourth-order valence-electron chi connectivity index (χ4n) is 4.18. The second kappa shape index (κ2) is 10.3. The Bertz CT molecular complexity index is 1480. The monoisotopic (exact) mass is 542 g/mol. The Kier molecular flexibility index (Phi) is 6.50. The van der Waals surface area contributed by atoms with Crippen molar-refractivity contribution in [3.05, 3.63) is 120 Å². The smallest absolute Gasteiger partial charge is 0.174 e. The summed E-state index contributed by atoms with van der Waals surface area (Å²) in [5.74, 6) is -1.48. The van der Waals surface area contributed by atoms with Gasteiger partial charge in [-0.2, -0.15) is 0 Å². The summed E-state index contributed by atoms with van der Waals surface area (Å²) in [4.78, 5) is 16.0. The lowest BCUT2D eigenvalue weighted by Crippen LogP contribution is -1.85. The zero-order valence-electron chi connectivity index (χ0n) is 20.1. The molecule has 0 saturated heterocycles. The summed E-state index contributed by atoms with van der Waals surface area (Å²) < 4.78 is 54.4. The Morgan fingerprint density at radius 3 is 1.00 bits per heavy atom. The van der Waals surface area contributed by atoms with Gasteiger partial charge in [0.25, 0.3) is 0 Å². The summed E-state index contributed by atoms with van der Waals surface area (Å²) >= 11 is 1.22. The molecular weight excluding hydrogens is 524 g/mol. The summed E-state index contributed by atoms with van der Waals surface area (Å²) in [6.45, 7) is 0. The molecular formula is C30H18F4N4S. The van der Waals surface area contributed by atoms with Gasteiger partial charge in [0, 0.05) is 22.3 Å². The summed E-state index contributed by atoms with van der Waals surface area (Å²) in [5, 5.41) is 0.970. The highest BCUT2D eigenvalue weighted by atomic mass is 32.2. The lowest BCUT2D eigenvalue weighted by molar-refractivity contribution is 0.627. The van der Waals surface area contributed by atoms with Crippen LogP contribution in [0.4, 0.5) is 17.6 Å². The van der Waals surface area contributed by atoms with Gasteiger partial charge >= 0.3 is 0 Å². The Labute approximate surface area is 224 Å². The molecule has 0 fully saturated rings. The van der Waals surface area contributed by atoms with Gasteiger partial charge in [-0.25, -0.2) is 27.5 Å². The molecule has 0 unspecified atom stereocenters. The van der Waals surface area contributed by atoms with Crippen LogP contribution in [-0.4, -0.2) is 19.9 Å². The van der Waals surface area contributed by atoms with Gasteiger partial charge in [0.05, 0.1) is 22.8 Å². The van der Waals surface area contributed by atoms with Crippen LogP contribution in [0.2, 0.25) is 0 Å². The number of nitrogens with zero attached hydrogens (tertiary/aromatic N) is 2. The molecule has 0 aliphatic rings. The number of benzene rings is 4. The maximum Gasteiger partial charge on any atom is 0.174 e. The van der Waals surface area contributed by atoms with Crippen molar-refractivity contribution < 1.29 is 17.6 Å². The molecule has 4 nitrogen and oxygen atoms in total. The molecule has 0 radical (unpaired) electrons. The first-order valence-electron chi connectivity index (χ1n) is 11.8. The third-order valence-corrected chi connectivity index (χ3v) is 6.83. The number of hydrogen-bond acceptors (Lipinski definition) is 3. The molecule has 4 aromatic carbocycles. The molecule has 2 N–H and O–H groups in total. The minimum atomic E-state index is -0.371. The predicted octanol–water partition coefficient (Wildman–Crippen LogP) is 8.51. The van der Waals surface area contributed by atoms with E-state index in [0.717, 1.165) is 0 Å². The van der Waals surface area contributed by atoms with Crippen molar-refractivity contribution >= 4 is 11.8 Å². The molecule has 2 aromatic heterocycles. The second-order valence-corrected chi connectivity index (χ2v) is 9.64. The number of aromatic nitrogens is 4. The fraction of sp³-hybridized carbons (Fsp3) is 0. The molecule has 0 aliphatic heterocycles. The normalized spacial score (nSPS) is 11.2. The summed E-state index contributed by atoms with van der Waals surface area (Å²) in [7, 11) is 0. The van der Waals surface area contributed by atoms with Crippen molar-refractivity contribution in [3.8, 4) is 45.0 Å². The Balaban J connectivity index is 1.43. The first-order valence-corrected chi connectivity index (χ1v) is 12.7. The van der Waals surface area contributed by atoms with Gasteiger partial charge < -0.3 is 9.97 Å². The first kappa shape index (κ1) is 24.7. The van der Waals surface area contributed by atoms with Crippen LogP contribution in [0.25, 0.3) is 45.0 Å². The van der Waals surface area contributed by atoms with E-state index in [1.165, 1.54) is 60.3 Å². The van der Waals surface area contributed by atoms with Crippen molar-refractivity contribution in [1.29, 1.82) is 0 Å². The van der Waals surface area contributed by atoms with Gasteiger partial charge in [0.15, 0.2) is 10.3 Å². The van der Waals surface area contributed by atoms with Crippen LogP contribution < -0.4 is 0 Å². The molecule has 192 valence electrons. The van der Waals surface area contributed by atoms with Gasteiger partial charge in [0.1, 0.15) is 23.3 Å². The van der Waals surface area contributed by atoms with Crippen LogP contribution in [0.1, 0.15) is 0 Å². The van der Waals surface area contributed by atoms with Crippen LogP contribution in [0, 0.1) is 23.3 Å². The van der Waals surface area contributed by atoms with Gasteiger partial charge in [-0.1, -0.05) is 0 Å². The van der Waals surface area contributed by atoms with E-state index < -0.39 is 0 Å². The molecule has 6 aromatic rings. The van der Waals surface area contributed by atoms with E-state index in [9.17, 15) is 17.6 Å². The van der Waals surface area contributed by atoms with E-state index in [1.54, 1.807) is 48.5 Å². The number of hydrogen-bond donors (Lipinski definition) is 2. The van der Waals surface area contributed by atoms with Gasteiger partial charge in [-0.05, 0) is 109 Å². The minimum Gasteiger partial charge on any atom is -0.332 e. The fourth-order valence-corrected chi connectivity index (χ4v) is 4.94. The minimum absolute atomic E-state index is 0.367. The Morgan fingerprint density at radius 1 is 0.410 bits per heavy atom. The van der Waals surface area contributed by atoms with Gasteiger partial charge in [-0.15, -0.1) is 0 Å². The van der Waals surface area contributed by atoms with Crippen LogP contribution in [0.15, 0.2) is 107 Å². The highest BCUT2D eigenvalue weighted by molar-refractivity contribution is 7.99. The topological polar surface area (TPSA) is 57.4 Å². The van der Waals surface area contributed by atoms with E-state index in [0.29, 0.717) is 55.3 Å². The maximum absolute atomic E-state index is 13.6. The third-order valence-electron chi connectivity index (χ3n) is 6.06. The van der Waals surface area contributed by atoms with E-state index in [-0.39, 0.29) is 23.3 Å². The van der Waals surface area contributed by atoms with Gasteiger partial charge in [-0.3, -0.25) is 0 Å². The zero-order valence-corrected chi connectivity index (χ0v) is 20.9. The number of aromatic amines is 2. The molecule has 9 heteroatoms. The van der Waals surface area contributed by atoms with E-state index in [4.69, 9.17) is 9.97 Å². The van der Waals surface area contributed by atoms with Gasteiger partial charge in [0.2, 0.25) is 0 Å². The maximum atomic E-state index is 13.6. The Hall–Kier alpha value is -4.63. The molecule has 2 heterocycles. The Morgan fingerprint density at radius 2 is 0.692 bits per heavy atom. The molecule has 0 spiro atoms. The molecule has 0 bridgehead atoms. The van der Waals surface area contributed by atoms with Crippen LogP contribution in [0.3, 0.4) is 0 Å². The number of nitrogens with one attached hydrogen (secondary N) is 2. The highest BCUT2D eigenvalue weighted by Gasteiger charge is 2.19. The molecule has 0 atom stereocenters. The number of H-pyrrole nitrogens is 2. The number of halogens is 4. The van der Waals surface area contributed by atoms with E-state index in [2.05, 4.69) is 9.97 Å². The summed E-state index contributed by atoms with van der Waals surface area (Å²) in [6.07, 6.45) is 0. The second-order valence-electron chi connectivity index (χ2n) is 8.66. The first-order chi connectivity index (χ1) is 18.9. The van der Waals surface area contributed by atoms with Crippen molar-refractivity contribution in [3.63, 3.8) is 0 Å². The zero-order chi connectivity index (χ0) is 26.9. The van der Waals surface area contributed by atoms with Crippen molar-refractivity contribution in [2.45, 2.75) is 10.3 Å². The molecule has 0 amide bonds. The van der Waals surface area contributed by atoms with E-state index in [1.807, 2.05) is 0 Å². The van der Waals surface area contributed by atoms with Crippen molar-refractivity contribution in [1.82, 2.24) is 19.9 Å². The summed E-state index contributed by atoms with van der Waals surface area (Å²) in [5.41, 5.74) is 5.15. The molecule has 0 aliphatic carbocycles. The highest BCUT2D eigenvalue weighted by Crippen LogP contribution is 2.37. The lowest BCUT2D eigenvalue weighted by Gasteiger charge is -2.03. The average Bonchev–Trinajstić information content (AvgIpc) is 3.55. The lowest BCUT2D eigenvalue weighted by atomic mass is 10.1. The van der Waals surface area contributed by atoms with Crippen molar-refractivity contribution in [2.75, 3.05) is 0 Å². The van der Waals surface area contributed by atoms with Crippen LogP contribution in [-0.2, 0) is 0 Å². The largest absolute Gasteiger partial charge is 0.332 e. The van der Waals surface area contributed by atoms with Crippen LogP contribution >= 0.6 is 11.8 Å². The molecule has 0 saturated carbocycles. The standard InChI is InChI=1S/C30H18F4N4S/c31-21-9-1-17(2-10-21)25-26(18-3-11-22(32)12-4-18)36-29(35-25)39-30-37-27(19-5-13-23(33)14-6-19)28(38-30)20-7-15-24(34)16-8-20/h1-16H,(H,35,36)(H,37,38). The summed E-state index contributed by atoms with van der Waals surface area (Å²) in [6, 6.07) is 23.9.